The summed E-state index contributed by atoms with van der Waals surface area (Å²) in [4.78, 5) is 61.0. The second-order valence-corrected chi connectivity index (χ2v) is 15.3. The fraction of sp³-hybridized carbons (Fsp3) is 0.488. The lowest BCUT2D eigenvalue weighted by atomic mass is 9.95. The Morgan fingerprint density at radius 3 is 2.34 bits per heavy atom. The number of aliphatic hydroxyl groups excluding tert-OH is 3. The number of H-pyrrole nitrogens is 1. The number of carbonyl (C=O) groups is 4. The lowest BCUT2D eigenvalue weighted by Crippen LogP contribution is -2.51. The van der Waals surface area contributed by atoms with Gasteiger partial charge in [-0.15, -0.1) is 11.6 Å². The lowest BCUT2D eigenvalue weighted by molar-refractivity contribution is -0.181. The van der Waals surface area contributed by atoms with Crippen LogP contribution in [0.25, 0.3) is 21.7 Å². The number of nitrogens with one attached hydrogen (secondary N) is 3. The molecule has 0 spiro atoms. The molecule has 2 aliphatic rings. The number of alkyl carbamates (subject to hydrolysis) is 1. The fourth-order valence-electron chi connectivity index (χ4n) is 7.84. The third-order valence-electron chi connectivity index (χ3n) is 11.2. The van der Waals surface area contributed by atoms with Crippen molar-refractivity contribution in [2.45, 2.75) is 51.3 Å². The summed E-state index contributed by atoms with van der Waals surface area (Å²) in [7, 11) is 2.88. The van der Waals surface area contributed by atoms with E-state index in [4.69, 9.17) is 35.3 Å². The summed E-state index contributed by atoms with van der Waals surface area (Å²) >= 11 is 6.52. The molecule has 62 heavy (non-hydrogen) atoms. The van der Waals surface area contributed by atoms with Crippen molar-refractivity contribution in [3.63, 3.8) is 0 Å². The molecule has 1 aromatic heterocycles. The maximum Gasteiger partial charge on any atom is 0.415 e. The normalized spacial score (nSPS) is 16.3. The van der Waals surface area contributed by atoms with Crippen molar-refractivity contribution in [1.82, 2.24) is 25.4 Å². The Morgan fingerprint density at radius 2 is 1.68 bits per heavy atom. The highest BCUT2D eigenvalue weighted by atomic mass is 35.5. The third-order valence-corrected chi connectivity index (χ3v) is 11.6. The van der Waals surface area contributed by atoms with Gasteiger partial charge in [-0.25, -0.2) is 9.59 Å². The summed E-state index contributed by atoms with van der Waals surface area (Å²) in [6.07, 6.45) is -1.90. The predicted molar refractivity (Wildman–Crippen MR) is 230 cm³/mol. The van der Waals surface area contributed by atoms with Gasteiger partial charge in [0.2, 0.25) is 5.91 Å². The molecule has 0 aliphatic carbocycles. The van der Waals surface area contributed by atoms with Gasteiger partial charge in [-0.2, -0.15) is 0 Å². The highest BCUT2D eigenvalue weighted by Crippen LogP contribution is 2.46. The SMILES string of the molecule is CCC(CO)OC(COC(=O)NCCC(=O)NCCN1CCN(C(=O)Oc2cc3c(c4ccccc24)[C@H](CCl)CN3C(=O)c2cc3cc(OC)c(CO)c(CO)c3[nH]2)CC1)OC. The predicted octanol–water partition coefficient (Wildman–Crippen LogP) is 3.41. The van der Waals surface area contributed by atoms with Gasteiger partial charge in [-0.05, 0) is 29.5 Å². The molecule has 0 radical (unpaired) electrons. The van der Waals surface area contributed by atoms with Gasteiger partial charge < -0.3 is 64.4 Å². The number of aromatic nitrogens is 1. The first-order valence-corrected chi connectivity index (χ1v) is 21.1. The number of aromatic amines is 1. The Morgan fingerprint density at radius 1 is 0.935 bits per heavy atom. The number of nitrogens with zero attached hydrogens (tertiary/aromatic N) is 3. The fourth-order valence-corrected chi connectivity index (χ4v) is 8.09. The number of aliphatic hydroxyl groups is 3. The molecule has 3 atom stereocenters. The first kappa shape index (κ1) is 46.3. The van der Waals surface area contributed by atoms with E-state index < -0.39 is 24.6 Å². The van der Waals surface area contributed by atoms with Gasteiger partial charge in [0, 0.05) is 106 Å². The number of carbonyl (C=O) groups excluding carboxylic acids is 4. The standard InChI is InChI=1S/C43H55ClN6O12/c1-4-28(22-51)61-38(59-3)25-60-42(56)46-10-9-37(54)45-11-12-48-13-15-49(16-14-48)43(57)62-36-19-34-39(30-8-6-5-7-29(30)36)27(20-44)21-50(34)41(55)33-17-26-18-35(58-2)31(23-52)32(24-53)40(26)47-33/h5-8,17-19,27-28,38,47,51-53H,4,9-16,20-25H2,1-3H3,(H,45,54)(H,46,56)/t27-,28?,38?/m1/s1. The van der Waals surface area contributed by atoms with Crippen molar-refractivity contribution in [3.05, 3.63) is 64.8 Å². The van der Waals surface area contributed by atoms with E-state index in [1.54, 1.807) is 28.0 Å². The van der Waals surface area contributed by atoms with Gasteiger partial charge in [0.15, 0.2) is 6.29 Å². The molecule has 1 fully saturated rings. The van der Waals surface area contributed by atoms with Crippen molar-refractivity contribution in [2.75, 3.05) is 90.6 Å². The third kappa shape index (κ3) is 10.5. The first-order valence-electron chi connectivity index (χ1n) is 20.6. The zero-order chi connectivity index (χ0) is 44.3. The van der Waals surface area contributed by atoms with Gasteiger partial charge in [-0.1, -0.05) is 31.2 Å². The minimum Gasteiger partial charge on any atom is -0.496 e. The van der Waals surface area contributed by atoms with Gasteiger partial charge in [0.05, 0.1) is 44.2 Å². The molecule has 2 unspecified atom stereocenters. The number of rotatable bonds is 19. The van der Waals surface area contributed by atoms with Crippen LogP contribution in [0.3, 0.4) is 0 Å². The van der Waals surface area contributed by atoms with Crippen LogP contribution in [0, 0.1) is 0 Å². The quantitative estimate of drug-likeness (QED) is 0.0588. The molecule has 0 bridgehead atoms. The summed E-state index contributed by atoms with van der Waals surface area (Å²) in [6, 6.07) is 12.7. The van der Waals surface area contributed by atoms with E-state index in [9.17, 15) is 34.5 Å². The van der Waals surface area contributed by atoms with Gasteiger partial charge >= 0.3 is 12.2 Å². The minimum absolute atomic E-state index is 0.0491. The van der Waals surface area contributed by atoms with Crippen LogP contribution in [0.5, 0.6) is 11.5 Å². The number of benzene rings is 3. The number of fused-ring (bicyclic) bond motifs is 4. The smallest absolute Gasteiger partial charge is 0.415 e. The van der Waals surface area contributed by atoms with Crippen LogP contribution in [0.4, 0.5) is 15.3 Å². The zero-order valence-corrected chi connectivity index (χ0v) is 35.9. The van der Waals surface area contributed by atoms with Crippen molar-refractivity contribution in [1.29, 1.82) is 0 Å². The summed E-state index contributed by atoms with van der Waals surface area (Å²) in [5.41, 5.74) is 3.09. The molecule has 4 aromatic rings. The van der Waals surface area contributed by atoms with E-state index in [0.29, 0.717) is 96.8 Å². The number of anilines is 1. The zero-order valence-electron chi connectivity index (χ0n) is 35.1. The molecule has 4 amide bonds. The van der Waals surface area contributed by atoms with E-state index >= 15 is 0 Å². The van der Waals surface area contributed by atoms with Crippen LogP contribution in [0.2, 0.25) is 0 Å². The summed E-state index contributed by atoms with van der Waals surface area (Å²) in [5, 5.41) is 37.0. The summed E-state index contributed by atoms with van der Waals surface area (Å²) < 4.78 is 27.3. The number of halogens is 1. The molecule has 0 saturated carbocycles. The lowest BCUT2D eigenvalue weighted by Gasteiger charge is -2.34. The second kappa shape index (κ2) is 21.7. The minimum atomic E-state index is -0.829. The van der Waals surface area contributed by atoms with E-state index in [2.05, 4.69) is 20.5 Å². The van der Waals surface area contributed by atoms with Crippen LogP contribution in [-0.2, 0) is 32.2 Å². The monoisotopic (exact) mass is 882 g/mol. The Labute approximate surface area is 363 Å². The highest BCUT2D eigenvalue weighted by Gasteiger charge is 2.36. The van der Waals surface area contributed by atoms with E-state index in [1.807, 2.05) is 31.2 Å². The van der Waals surface area contributed by atoms with Gasteiger partial charge in [0.25, 0.3) is 5.91 Å². The molecule has 336 valence electrons. The number of methoxy groups -OCH3 is 2. The van der Waals surface area contributed by atoms with Crippen molar-refractivity contribution >= 4 is 63.0 Å². The number of alkyl halides is 1. The summed E-state index contributed by atoms with van der Waals surface area (Å²) in [5.74, 6) is 0.165. The highest BCUT2D eigenvalue weighted by molar-refractivity contribution is 6.19. The average molecular weight is 883 g/mol. The van der Waals surface area contributed by atoms with E-state index in [1.165, 1.54) is 14.2 Å². The Bertz CT molecular complexity index is 2210. The molecular formula is C43H55ClN6O12. The van der Waals surface area contributed by atoms with Gasteiger partial charge in [-0.3, -0.25) is 14.5 Å². The Balaban J connectivity index is 1.03. The summed E-state index contributed by atoms with van der Waals surface area (Å²) in [6.45, 7) is 3.95. The molecular weight excluding hydrogens is 828 g/mol. The Hall–Kier alpha value is -5.21. The number of ether oxygens (including phenoxy) is 5. The Kier molecular flexibility index (Phi) is 16.2. The van der Waals surface area contributed by atoms with Crippen LogP contribution < -0.4 is 25.0 Å². The van der Waals surface area contributed by atoms with E-state index in [-0.39, 0.29) is 68.7 Å². The van der Waals surface area contributed by atoms with Gasteiger partial charge in [0.1, 0.15) is 23.8 Å². The first-order chi connectivity index (χ1) is 30.1. The van der Waals surface area contributed by atoms with Crippen molar-refractivity contribution in [2.24, 2.45) is 0 Å². The molecule has 3 heterocycles. The molecule has 18 nitrogen and oxygen atoms in total. The topological polar surface area (TPSA) is 225 Å². The maximum absolute atomic E-state index is 14.3. The number of amides is 4. The molecule has 3 aromatic carbocycles. The molecule has 1 saturated heterocycles. The molecule has 2 aliphatic heterocycles. The van der Waals surface area contributed by atoms with E-state index in [0.717, 1.165) is 10.9 Å². The number of hydrogen-bond acceptors (Lipinski definition) is 13. The molecule has 6 N–H and O–H groups in total. The number of piperazine rings is 1. The van der Waals surface area contributed by atoms with Crippen molar-refractivity contribution < 1.29 is 58.2 Å². The molecule has 6 rings (SSSR count). The van der Waals surface area contributed by atoms with Crippen LogP contribution in [0.1, 0.15) is 52.9 Å². The van der Waals surface area contributed by atoms with Crippen LogP contribution in [-0.4, -0.2) is 152 Å². The second-order valence-electron chi connectivity index (χ2n) is 15.0. The largest absolute Gasteiger partial charge is 0.496 e. The molecule has 19 heteroatoms. The number of hydrogen-bond donors (Lipinski definition) is 6. The average Bonchev–Trinajstić information content (AvgIpc) is 3.90. The maximum atomic E-state index is 14.3. The van der Waals surface area contributed by atoms with Crippen LogP contribution in [0.15, 0.2) is 42.5 Å². The van der Waals surface area contributed by atoms with Crippen LogP contribution >= 0.6 is 11.6 Å². The van der Waals surface area contributed by atoms with Crippen molar-refractivity contribution in [3.8, 4) is 11.5 Å².